The van der Waals surface area contributed by atoms with Gasteiger partial charge in [-0.05, 0) is 26.2 Å². The van der Waals surface area contributed by atoms with E-state index in [1.54, 1.807) is 11.8 Å². The summed E-state index contributed by atoms with van der Waals surface area (Å²) in [5.41, 5.74) is 0. The first-order valence-electron chi connectivity index (χ1n) is 6.70. The molecule has 0 bridgehead atoms. The van der Waals surface area contributed by atoms with Gasteiger partial charge in [0.15, 0.2) is 0 Å². The first-order chi connectivity index (χ1) is 8.65. The van der Waals surface area contributed by atoms with Gasteiger partial charge in [-0.2, -0.15) is 0 Å². The van der Waals surface area contributed by atoms with Crippen molar-refractivity contribution in [2.75, 3.05) is 6.54 Å². The Balaban J connectivity index is 2.69. The summed E-state index contributed by atoms with van der Waals surface area (Å²) >= 11 is 0. The van der Waals surface area contributed by atoms with Crippen molar-refractivity contribution < 1.29 is 14.4 Å². The van der Waals surface area contributed by atoms with Crippen molar-refractivity contribution in [1.29, 1.82) is 0 Å². The zero-order chi connectivity index (χ0) is 13.5. The van der Waals surface area contributed by atoms with Gasteiger partial charge in [0, 0.05) is 12.6 Å². The van der Waals surface area contributed by atoms with Crippen LogP contribution in [0.4, 0.5) is 0 Å². The molecule has 0 aliphatic heterocycles. The third-order valence-corrected chi connectivity index (χ3v) is 3.57. The monoisotopic (exact) mass is 254 g/mol. The summed E-state index contributed by atoms with van der Waals surface area (Å²) in [6.07, 6.45) is 5.10. The van der Waals surface area contributed by atoms with Crippen molar-refractivity contribution in [3.05, 3.63) is 0 Å². The van der Waals surface area contributed by atoms with E-state index in [1.165, 1.54) is 0 Å². The quantitative estimate of drug-likeness (QED) is 0.541. The summed E-state index contributed by atoms with van der Waals surface area (Å²) in [6, 6.07) is -0.495. The molecule has 1 aliphatic carbocycles. The Labute approximate surface area is 108 Å². The van der Waals surface area contributed by atoms with E-state index in [0.29, 0.717) is 19.4 Å². The fourth-order valence-corrected chi connectivity index (χ4v) is 2.54. The number of rotatable bonds is 7. The normalized spacial score (nSPS) is 17.2. The Kier molecular flexibility index (Phi) is 5.82. The highest BCUT2D eigenvalue weighted by atomic mass is 16.2. The molecule has 0 saturated heterocycles. The van der Waals surface area contributed by atoms with E-state index in [0.717, 1.165) is 25.7 Å². The predicted octanol–water partition coefficient (Wildman–Crippen LogP) is 0.871. The molecule has 1 atom stereocenters. The van der Waals surface area contributed by atoms with Crippen molar-refractivity contribution in [3.8, 4) is 0 Å². The van der Waals surface area contributed by atoms with Crippen LogP contribution in [0.3, 0.4) is 0 Å². The lowest BCUT2D eigenvalue weighted by atomic mass is 10.1. The molecule has 5 heteroatoms. The summed E-state index contributed by atoms with van der Waals surface area (Å²) in [5.74, 6) is -0.955. The second-order valence-electron chi connectivity index (χ2n) is 4.64. The van der Waals surface area contributed by atoms with Gasteiger partial charge in [-0.15, -0.1) is 0 Å². The molecule has 0 aromatic carbocycles. The molecule has 0 radical (unpaired) electrons. The van der Waals surface area contributed by atoms with Crippen LogP contribution in [0.15, 0.2) is 0 Å². The highest BCUT2D eigenvalue weighted by molar-refractivity contribution is 6.38. The fourth-order valence-electron chi connectivity index (χ4n) is 2.54. The topological polar surface area (TPSA) is 66.5 Å². The Bertz CT molecular complexity index is 311. The van der Waals surface area contributed by atoms with Crippen LogP contribution in [0.2, 0.25) is 0 Å². The van der Waals surface area contributed by atoms with Crippen LogP contribution in [0.1, 0.15) is 46.0 Å². The van der Waals surface area contributed by atoms with Crippen molar-refractivity contribution in [2.45, 2.75) is 58.0 Å². The lowest BCUT2D eigenvalue weighted by Crippen LogP contribution is -2.49. The number of ketones is 1. The molecule has 0 heterocycles. The number of nitrogens with one attached hydrogen (secondary N) is 1. The molecule has 1 saturated carbocycles. The lowest BCUT2D eigenvalue weighted by molar-refractivity contribution is -0.147. The number of carbonyl (C=O) groups is 3. The molecule has 2 amide bonds. The average molecular weight is 254 g/mol. The van der Waals surface area contributed by atoms with Gasteiger partial charge in [0.25, 0.3) is 5.91 Å². The standard InChI is InChI=1S/C13H22N2O3/c1-3-11(14-9-16)12(17)13(18)15(4-2)10-7-5-6-8-10/h9-11H,3-8H2,1-2H3,(H,14,16)/t11-/m0/s1. The molecular formula is C13H22N2O3. The van der Waals surface area contributed by atoms with Crippen LogP contribution in [0.25, 0.3) is 0 Å². The van der Waals surface area contributed by atoms with E-state index in [1.807, 2.05) is 6.92 Å². The number of carbonyl (C=O) groups excluding carboxylic acids is 3. The molecule has 0 aromatic heterocycles. The Morgan fingerprint density at radius 1 is 1.33 bits per heavy atom. The van der Waals surface area contributed by atoms with Crippen LogP contribution < -0.4 is 5.32 Å². The Hall–Kier alpha value is -1.39. The van der Waals surface area contributed by atoms with Gasteiger partial charge < -0.3 is 10.2 Å². The number of amides is 2. The summed E-state index contributed by atoms with van der Waals surface area (Å²) in [5, 5.41) is 2.40. The van der Waals surface area contributed by atoms with E-state index >= 15 is 0 Å². The number of hydrogen-bond acceptors (Lipinski definition) is 3. The van der Waals surface area contributed by atoms with Gasteiger partial charge in [0.1, 0.15) is 0 Å². The highest BCUT2D eigenvalue weighted by Gasteiger charge is 2.32. The highest BCUT2D eigenvalue weighted by Crippen LogP contribution is 2.23. The average Bonchev–Trinajstić information content (AvgIpc) is 2.89. The van der Waals surface area contributed by atoms with E-state index in [-0.39, 0.29) is 6.04 Å². The number of Topliss-reactive ketones (excluding diaryl/α,β-unsaturated/α-hetero) is 1. The molecular weight excluding hydrogens is 232 g/mol. The molecule has 0 unspecified atom stereocenters. The summed E-state index contributed by atoms with van der Waals surface area (Å²) < 4.78 is 0. The zero-order valence-electron chi connectivity index (χ0n) is 11.1. The van der Waals surface area contributed by atoms with E-state index in [9.17, 15) is 14.4 Å². The number of nitrogens with zero attached hydrogens (tertiary/aromatic N) is 1. The van der Waals surface area contributed by atoms with Gasteiger partial charge in [-0.1, -0.05) is 19.8 Å². The number of likely N-dealkylation sites (N-methyl/N-ethyl adjacent to an activating group) is 1. The first-order valence-corrected chi connectivity index (χ1v) is 6.70. The Morgan fingerprint density at radius 3 is 2.39 bits per heavy atom. The SMILES string of the molecule is CC[C@H](NC=O)C(=O)C(=O)N(CC)C1CCCC1. The maximum atomic E-state index is 12.2. The summed E-state index contributed by atoms with van der Waals surface area (Å²) in [6.45, 7) is 4.21. The molecule has 1 rings (SSSR count). The van der Waals surface area contributed by atoms with Crippen molar-refractivity contribution in [2.24, 2.45) is 0 Å². The van der Waals surface area contributed by atoms with Gasteiger partial charge in [-0.25, -0.2) is 0 Å². The maximum absolute atomic E-state index is 12.2. The van der Waals surface area contributed by atoms with Crippen LogP contribution in [0, 0.1) is 0 Å². The third-order valence-electron chi connectivity index (χ3n) is 3.57. The van der Waals surface area contributed by atoms with Gasteiger partial charge in [0.2, 0.25) is 12.2 Å². The van der Waals surface area contributed by atoms with Crippen LogP contribution in [-0.2, 0) is 14.4 Å². The van der Waals surface area contributed by atoms with Crippen molar-refractivity contribution >= 4 is 18.1 Å². The largest absolute Gasteiger partial charge is 0.348 e. The molecule has 0 aromatic rings. The number of hydrogen-bond donors (Lipinski definition) is 1. The maximum Gasteiger partial charge on any atom is 0.292 e. The van der Waals surface area contributed by atoms with Crippen molar-refractivity contribution in [3.63, 3.8) is 0 Å². The van der Waals surface area contributed by atoms with Gasteiger partial charge in [-0.3, -0.25) is 14.4 Å². The van der Waals surface area contributed by atoms with E-state index < -0.39 is 17.7 Å². The zero-order valence-corrected chi connectivity index (χ0v) is 11.1. The minimum Gasteiger partial charge on any atom is -0.348 e. The molecule has 102 valence electrons. The fraction of sp³-hybridized carbons (Fsp3) is 0.769. The molecule has 18 heavy (non-hydrogen) atoms. The minimum absolute atomic E-state index is 0.195. The molecule has 0 spiro atoms. The van der Waals surface area contributed by atoms with Crippen LogP contribution >= 0.6 is 0 Å². The summed E-state index contributed by atoms with van der Waals surface area (Å²) in [7, 11) is 0. The van der Waals surface area contributed by atoms with Crippen LogP contribution in [-0.4, -0.2) is 41.6 Å². The second-order valence-corrected chi connectivity index (χ2v) is 4.64. The summed E-state index contributed by atoms with van der Waals surface area (Å²) in [4.78, 5) is 36.2. The predicted molar refractivity (Wildman–Crippen MR) is 67.9 cm³/mol. The van der Waals surface area contributed by atoms with E-state index in [2.05, 4.69) is 5.32 Å². The molecule has 5 nitrogen and oxygen atoms in total. The minimum atomic E-state index is -0.689. The molecule has 1 aliphatic rings. The Morgan fingerprint density at radius 2 is 1.94 bits per heavy atom. The van der Waals surface area contributed by atoms with Crippen molar-refractivity contribution in [1.82, 2.24) is 10.2 Å². The molecule has 1 N–H and O–H groups in total. The lowest BCUT2D eigenvalue weighted by Gasteiger charge is -2.28. The first kappa shape index (κ1) is 14.7. The van der Waals surface area contributed by atoms with Gasteiger partial charge >= 0.3 is 0 Å². The van der Waals surface area contributed by atoms with Crippen LogP contribution in [0.5, 0.6) is 0 Å². The van der Waals surface area contributed by atoms with Gasteiger partial charge in [0.05, 0.1) is 6.04 Å². The second kappa shape index (κ2) is 7.13. The smallest absolute Gasteiger partial charge is 0.292 e. The van der Waals surface area contributed by atoms with E-state index in [4.69, 9.17) is 0 Å². The molecule has 1 fully saturated rings. The third kappa shape index (κ3) is 3.31.